The second kappa shape index (κ2) is 5.71. The maximum Gasteiger partial charge on any atom is 0.196 e. The molecule has 18 heavy (non-hydrogen) atoms. The minimum absolute atomic E-state index is 0.0695. The number of hydrogen-bond acceptors (Lipinski definition) is 2. The molecule has 2 aromatic carbocycles. The lowest BCUT2D eigenvalue weighted by atomic mass is 10.0. The smallest absolute Gasteiger partial charge is 0.196 e. The molecule has 2 rings (SSSR count). The van der Waals surface area contributed by atoms with Crippen LogP contribution < -0.4 is 4.74 Å². The van der Waals surface area contributed by atoms with Crippen molar-refractivity contribution in [2.45, 2.75) is 0 Å². The van der Waals surface area contributed by atoms with E-state index in [4.69, 9.17) is 16.3 Å². The van der Waals surface area contributed by atoms with Crippen molar-refractivity contribution >= 4 is 40.0 Å². The van der Waals surface area contributed by atoms with E-state index in [9.17, 15) is 4.79 Å². The predicted octanol–water partition coefficient (Wildman–Crippen LogP) is 4.18. The summed E-state index contributed by atoms with van der Waals surface area (Å²) in [6.45, 7) is 0. The Morgan fingerprint density at radius 1 is 1.17 bits per heavy atom. The molecule has 0 heterocycles. The van der Waals surface area contributed by atoms with Gasteiger partial charge in [0.15, 0.2) is 5.78 Å². The van der Waals surface area contributed by atoms with E-state index in [-0.39, 0.29) is 5.78 Å². The molecule has 0 spiro atoms. The maximum absolute atomic E-state index is 12.3. The average Bonchev–Trinajstić information content (AvgIpc) is 2.38. The summed E-state index contributed by atoms with van der Waals surface area (Å²) in [7, 11) is 1.52. The van der Waals surface area contributed by atoms with Crippen LogP contribution in [0.3, 0.4) is 0 Å². The molecule has 0 saturated heterocycles. The third kappa shape index (κ3) is 2.84. The molecule has 0 atom stereocenters. The Kier molecular flexibility index (Phi) is 4.24. The van der Waals surface area contributed by atoms with Crippen LogP contribution in [0.4, 0.5) is 0 Å². The van der Waals surface area contributed by atoms with E-state index in [0.717, 1.165) is 3.57 Å². The van der Waals surface area contributed by atoms with Gasteiger partial charge in [-0.3, -0.25) is 4.79 Å². The standard InChI is InChI=1S/C14H10ClIO2/c1-18-13-8-10(15)4-7-12(13)14(17)9-2-5-11(16)6-3-9/h2-8H,1H3. The molecule has 0 radical (unpaired) electrons. The lowest BCUT2D eigenvalue weighted by molar-refractivity contribution is 0.103. The number of ether oxygens (including phenoxy) is 1. The Hall–Kier alpha value is -1.07. The second-order valence-electron chi connectivity index (χ2n) is 3.68. The number of carbonyl (C=O) groups is 1. The van der Waals surface area contributed by atoms with Crippen LogP contribution >= 0.6 is 34.2 Å². The van der Waals surface area contributed by atoms with E-state index < -0.39 is 0 Å². The van der Waals surface area contributed by atoms with Gasteiger partial charge in [-0.05, 0) is 65.1 Å². The van der Waals surface area contributed by atoms with Crippen LogP contribution in [0.1, 0.15) is 15.9 Å². The van der Waals surface area contributed by atoms with Crippen LogP contribution in [-0.4, -0.2) is 12.9 Å². The van der Waals surface area contributed by atoms with E-state index >= 15 is 0 Å². The van der Waals surface area contributed by atoms with E-state index in [2.05, 4.69) is 22.6 Å². The Labute approximate surface area is 124 Å². The number of benzene rings is 2. The Morgan fingerprint density at radius 2 is 1.83 bits per heavy atom. The number of halogens is 2. The fraction of sp³-hybridized carbons (Fsp3) is 0.0714. The first-order chi connectivity index (χ1) is 8.61. The van der Waals surface area contributed by atoms with Crippen LogP contribution in [0.25, 0.3) is 0 Å². The van der Waals surface area contributed by atoms with E-state index in [1.807, 2.05) is 12.1 Å². The van der Waals surface area contributed by atoms with E-state index in [0.29, 0.717) is 21.9 Å². The first-order valence-electron chi connectivity index (χ1n) is 5.25. The van der Waals surface area contributed by atoms with Crippen molar-refractivity contribution < 1.29 is 9.53 Å². The van der Waals surface area contributed by atoms with Crippen molar-refractivity contribution in [3.8, 4) is 5.75 Å². The topological polar surface area (TPSA) is 26.3 Å². The fourth-order valence-electron chi connectivity index (χ4n) is 1.61. The summed E-state index contributed by atoms with van der Waals surface area (Å²) in [4.78, 5) is 12.3. The highest BCUT2D eigenvalue weighted by Crippen LogP contribution is 2.25. The minimum Gasteiger partial charge on any atom is -0.496 e. The summed E-state index contributed by atoms with van der Waals surface area (Å²) < 4.78 is 6.28. The molecule has 92 valence electrons. The minimum atomic E-state index is -0.0695. The van der Waals surface area contributed by atoms with Crippen LogP contribution in [0, 0.1) is 3.57 Å². The van der Waals surface area contributed by atoms with Gasteiger partial charge in [0, 0.05) is 14.2 Å². The summed E-state index contributed by atoms with van der Waals surface area (Å²) in [6.07, 6.45) is 0. The van der Waals surface area contributed by atoms with Gasteiger partial charge in [-0.25, -0.2) is 0 Å². The largest absolute Gasteiger partial charge is 0.496 e. The Balaban J connectivity index is 2.42. The predicted molar refractivity (Wildman–Crippen MR) is 80.6 cm³/mol. The van der Waals surface area contributed by atoms with Gasteiger partial charge in [0.25, 0.3) is 0 Å². The lowest BCUT2D eigenvalue weighted by Crippen LogP contribution is -2.03. The van der Waals surface area contributed by atoms with Gasteiger partial charge in [-0.2, -0.15) is 0 Å². The van der Waals surface area contributed by atoms with Crippen molar-refractivity contribution in [2.24, 2.45) is 0 Å². The molecule has 2 nitrogen and oxygen atoms in total. The Bertz CT molecular complexity index is 579. The molecule has 4 heteroatoms. The lowest BCUT2D eigenvalue weighted by Gasteiger charge is -2.08. The van der Waals surface area contributed by atoms with E-state index in [1.165, 1.54) is 7.11 Å². The van der Waals surface area contributed by atoms with Gasteiger partial charge in [0.1, 0.15) is 5.75 Å². The average molecular weight is 373 g/mol. The SMILES string of the molecule is COc1cc(Cl)ccc1C(=O)c1ccc(I)cc1. The highest BCUT2D eigenvalue weighted by molar-refractivity contribution is 14.1. The van der Waals surface area contributed by atoms with Crippen LogP contribution in [0.2, 0.25) is 5.02 Å². The first-order valence-corrected chi connectivity index (χ1v) is 6.71. The fourth-order valence-corrected chi connectivity index (χ4v) is 2.13. The summed E-state index contributed by atoms with van der Waals surface area (Å²) >= 11 is 8.07. The summed E-state index contributed by atoms with van der Waals surface area (Å²) in [5.41, 5.74) is 1.15. The van der Waals surface area contributed by atoms with Crippen molar-refractivity contribution in [3.05, 3.63) is 62.2 Å². The van der Waals surface area contributed by atoms with E-state index in [1.54, 1.807) is 30.3 Å². The third-order valence-electron chi connectivity index (χ3n) is 2.51. The van der Waals surface area contributed by atoms with Crippen molar-refractivity contribution in [1.29, 1.82) is 0 Å². The molecule has 0 aliphatic rings. The zero-order chi connectivity index (χ0) is 13.1. The van der Waals surface area contributed by atoms with Gasteiger partial charge in [0.05, 0.1) is 12.7 Å². The monoisotopic (exact) mass is 372 g/mol. The first kappa shape index (κ1) is 13.4. The van der Waals surface area contributed by atoms with Crippen LogP contribution in [0.15, 0.2) is 42.5 Å². The number of ketones is 1. The van der Waals surface area contributed by atoms with Crippen molar-refractivity contribution in [2.75, 3.05) is 7.11 Å². The molecule has 0 aliphatic carbocycles. The number of rotatable bonds is 3. The molecule has 0 aliphatic heterocycles. The quantitative estimate of drug-likeness (QED) is 0.597. The van der Waals surface area contributed by atoms with Gasteiger partial charge in [0.2, 0.25) is 0 Å². The van der Waals surface area contributed by atoms with Crippen LogP contribution in [-0.2, 0) is 0 Å². The molecular formula is C14H10ClIO2. The summed E-state index contributed by atoms with van der Waals surface area (Å²) in [5.74, 6) is 0.422. The molecule has 0 aromatic heterocycles. The molecule has 0 unspecified atom stereocenters. The molecule has 0 fully saturated rings. The normalized spacial score (nSPS) is 10.2. The van der Waals surface area contributed by atoms with Crippen molar-refractivity contribution in [1.82, 2.24) is 0 Å². The molecule has 0 N–H and O–H groups in total. The van der Waals surface area contributed by atoms with Crippen LogP contribution in [0.5, 0.6) is 5.75 Å². The van der Waals surface area contributed by atoms with Gasteiger partial charge < -0.3 is 4.74 Å². The summed E-state index contributed by atoms with van der Waals surface area (Å²) in [5, 5.41) is 0.547. The third-order valence-corrected chi connectivity index (χ3v) is 3.47. The number of methoxy groups -OCH3 is 1. The number of carbonyl (C=O) groups excluding carboxylic acids is 1. The van der Waals surface area contributed by atoms with Crippen molar-refractivity contribution in [3.63, 3.8) is 0 Å². The zero-order valence-electron chi connectivity index (χ0n) is 9.61. The highest BCUT2D eigenvalue weighted by atomic mass is 127. The second-order valence-corrected chi connectivity index (χ2v) is 5.36. The zero-order valence-corrected chi connectivity index (χ0v) is 12.5. The maximum atomic E-state index is 12.3. The summed E-state index contributed by atoms with van der Waals surface area (Å²) in [6, 6.07) is 12.4. The van der Waals surface area contributed by atoms with Gasteiger partial charge in [-0.1, -0.05) is 11.6 Å². The molecular weight excluding hydrogens is 363 g/mol. The highest BCUT2D eigenvalue weighted by Gasteiger charge is 2.14. The van der Waals surface area contributed by atoms with Gasteiger partial charge in [-0.15, -0.1) is 0 Å². The molecule has 0 bridgehead atoms. The van der Waals surface area contributed by atoms with Gasteiger partial charge >= 0.3 is 0 Å². The molecule has 0 saturated carbocycles. The molecule has 2 aromatic rings. The number of hydrogen-bond donors (Lipinski definition) is 0. The molecule has 0 amide bonds. The Morgan fingerprint density at radius 3 is 2.44 bits per heavy atom.